The van der Waals surface area contributed by atoms with Crippen molar-refractivity contribution in [3.05, 3.63) is 42.1 Å². The Morgan fingerprint density at radius 1 is 1.22 bits per heavy atom. The highest BCUT2D eigenvalue weighted by molar-refractivity contribution is 7.90. The molecule has 0 radical (unpaired) electrons. The number of rotatable bonds is 7. The van der Waals surface area contributed by atoms with E-state index in [0.29, 0.717) is 17.2 Å². The maximum absolute atomic E-state index is 11.5. The van der Waals surface area contributed by atoms with E-state index in [-0.39, 0.29) is 17.3 Å². The van der Waals surface area contributed by atoms with Gasteiger partial charge in [-0.3, -0.25) is 5.43 Å². The number of sulfone groups is 1. The maximum atomic E-state index is 11.5. The van der Waals surface area contributed by atoms with Crippen molar-refractivity contribution in [1.82, 2.24) is 4.98 Å². The van der Waals surface area contributed by atoms with E-state index in [0.717, 1.165) is 11.8 Å². The number of aromatic nitrogens is 1. The van der Waals surface area contributed by atoms with Gasteiger partial charge in [0.05, 0.1) is 18.5 Å². The van der Waals surface area contributed by atoms with Crippen molar-refractivity contribution in [3.63, 3.8) is 0 Å². The minimum atomic E-state index is -3.35. The van der Waals surface area contributed by atoms with Gasteiger partial charge in [0.25, 0.3) is 0 Å². The molecule has 1 heterocycles. The number of anilines is 1. The number of ether oxygens (including phenoxy) is 2. The molecule has 0 spiro atoms. The van der Waals surface area contributed by atoms with E-state index in [1.54, 1.807) is 32.0 Å². The molecule has 2 rings (SSSR count). The number of pyridine rings is 1. The lowest BCUT2D eigenvalue weighted by molar-refractivity contribution is -0.135. The van der Waals surface area contributed by atoms with Crippen molar-refractivity contribution in [2.24, 2.45) is 5.10 Å². The van der Waals surface area contributed by atoms with Crippen LogP contribution in [0.5, 0.6) is 11.5 Å². The first kappa shape index (κ1) is 20.4. The molecule has 0 bridgehead atoms. The second-order valence-corrected chi connectivity index (χ2v) is 7.68. The van der Waals surface area contributed by atoms with Gasteiger partial charge in [0.1, 0.15) is 17.2 Å². The zero-order valence-corrected chi connectivity index (χ0v) is 16.3. The molecule has 1 N–H and O–H groups in total. The Morgan fingerprint density at radius 3 is 2.48 bits per heavy atom. The molecule has 8 nitrogen and oxygen atoms in total. The number of nitrogens with one attached hydrogen (secondary N) is 1. The number of benzene rings is 1. The summed E-state index contributed by atoms with van der Waals surface area (Å²) in [7, 11) is -3.35. The SMILES string of the molecule is CCOC(=O)/C(C)=N/Nc1ccc(Oc2ccc(S(C)(=O)=O)nc2)cc1C. The third-order valence-corrected chi connectivity index (χ3v) is 4.44. The third-order valence-electron chi connectivity index (χ3n) is 3.44. The summed E-state index contributed by atoms with van der Waals surface area (Å²) in [6.45, 7) is 5.43. The number of hydrogen-bond donors (Lipinski definition) is 1. The van der Waals surface area contributed by atoms with E-state index in [2.05, 4.69) is 15.5 Å². The summed E-state index contributed by atoms with van der Waals surface area (Å²) in [6.07, 6.45) is 2.45. The van der Waals surface area contributed by atoms with Crippen LogP contribution >= 0.6 is 0 Å². The number of esters is 1. The lowest BCUT2D eigenvalue weighted by atomic mass is 10.2. The Morgan fingerprint density at radius 2 is 1.93 bits per heavy atom. The van der Waals surface area contributed by atoms with Crippen LogP contribution in [0.15, 0.2) is 46.7 Å². The summed E-state index contributed by atoms with van der Waals surface area (Å²) in [4.78, 5) is 15.4. The Balaban J connectivity index is 2.08. The largest absolute Gasteiger partial charge is 0.461 e. The molecule has 0 unspecified atom stereocenters. The average Bonchev–Trinajstić information content (AvgIpc) is 2.60. The molecular weight excluding hydrogens is 370 g/mol. The second-order valence-electron chi connectivity index (χ2n) is 5.71. The molecule has 0 saturated carbocycles. The van der Waals surface area contributed by atoms with Crippen molar-refractivity contribution < 1.29 is 22.7 Å². The van der Waals surface area contributed by atoms with Gasteiger partial charge in [-0.25, -0.2) is 18.2 Å². The summed E-state index contributed by atoms with van der Waals surface area (Å²) >= 11 is 0. The smallest absolute Gasteiger partial charge is 0.354 e. The topological polar surface area (TPSA) is 107 Å². The van der Waals surface area contributed by atoms with Crippen molar-refractivity contribution in [1.29, 1.82) is 0 Å². The summed E-state index contributed by atoms with van der Waals surface area (Å²) in [5.41, 5.74) is 4.58. The van der Waals surface area contributed by atoms with Gasteiger partial charge >= 0.3 is 5.97 Å². The fraction of sp³-hybridized carbons (Fsp3) is 0.278. The fourth-order valence-electron chi connectivity index (χ4n) is 2.03. The van der Waals surface area contributed by atoms with E-state index in [4.69, 9.17) is 9.47 Å². The van der Waals surface area contributed by atoms with Crippen LogP contribution in [0.25, 0.3) is 0 Å². The molecule has 2 aromatic rings. The predicted octanol–water partition coefficient (Wildman–Crippen LogP) is 2.94. The molecule has 1 aromatic carbocycles. The van der Waals surface area contributed by atoms with Gasteiger partial charge in [-0.2, -0.15) is 5.10 Å². The standard InChI is InChI=1S/C18H21N3O5S/c1-5-25-18(22)13(3)20-21-16-8-6-14(10-12(16)2)26-15-7-9-17(19-11-15)27(4,23)24/h6-11,21H,5H2,1-4H3/b20-13+. The Labute approximate surface area is 158 Å². The molecule has 0 atom stereocenters. The quantitative estimate of drug-likeness (QED) is 0.439. The molecule has 144 valence electrons. The van der Waals surface area contributed by atoms with Crippen LogP contribution in [0.2, 0.25) is 0 Å². The average molecular weight is 391 g/mol. The van der Waals surface area contributed by atoms with Crippen LogP contribution < -0.4 is 10.2 Å². The molecule has 0 aliphatic carbocycles. The number of carbonyl (C=O) groups excluding carboxylic acids is 1. The zero-order chi connectivity index (χ0) is 20.0. The number of hydrogen-bond acceptors (Lipinski definition) is 8. The van der Waals surface area contributed by atoms with Crippen molar-refractivity contribution in [2.75, 3.05) is 18.3 Å². The van der Waals surface area contributed by atoms with Crippen LogP contribution in [-0.4, -0.2) is 37.9 Å². The summed E-state index contributed by atoms with van der Waals surface area (Å²) in [5.74, 6) is 0.490. The summed E-state index contributed by atoms with van der Waals surface area (Å²) < 4.78 is 33.4. The predicted molar refractivity (Wildman–Crippen MR) is 102 cm³/mol. The van der Waals surface area contributed by atoms with Crippen LogP contribution in [0.3, 0.4) is 0 Å². The highest BCUT2D eigenvalue weighted by Gasteiger charge is 2.10. The third kappa shape index (κ3) is 5.78. The molecule has 27 heavy (non-hydrogen) atoms. The second kappa shape index (κ2) is 8.63. The molecule has 9 heteroatoms. The van der Waals surface area contributed by atoms with Gasteiger partial charge in [-0.05, 0) is 56.7 Å². The van der Waals surface area contributed by atoms with Crippen LogP contribution in [0, 0.1) is 6.92 Å². The fourth-order valence-corrected chi connectivity index (χ4v) is 2.59. The normalized spacial score (nSPS) is 11.8. The monoisotopic (exact) mass is 391 g/mol. The van der Waals surface area contributed by atoms with Gasteiger partial charge in [-0.15, -0.1) is 0 Å². The summed E-state index contributed by atoms with van der Waals surface area (Å²) in [5, 5.41) is 3.99. The molecule has 0 aliphatic rings. The minimum absolute atomic E-state index is 0.0135. The number of aryl methyl sites for hydroxylation is 1. The van der Waals surface area contributed by atoms with Crippen molar-refractivity contribution >= 4 is 27.2 Å². The van der Waals surface area contributed by atoms with Crippen LogP contribution in [0.4, 0.5) is 5.69 Å². The molecule has 0 fully saturated rings. The van der Waals surface area contributed by atoms with E-state index < -0.39 is 15.8 Å². The van der Waals surface area contributed by atoms with Crippen LogP contribution in [-0.2, 0) is 19.4 Å². The Bertz CT molecular complexity index is 953. The van der Waals surface area contributed by atoms with Gasteiger partial charge in [-0.1, -0.05) is 0 Å². The Hall–Kier alpha value is -2.94. The molecule has 0 aliphatic heterocycles. The molecule has 0 amide bonds. The van der Waals surface area contributed by atoms with Crippen LogP contribution in [0.1, 0.15) is 19.4 Å². The van der Waals surface area contributed by atoms with Gasteiger partial charge in [0.15, 0.2) is 14.9 Å². The van der Waals surface area contributed by atoms with Gasteiger partial charge in [0.2, 0.25) is 0 Å². The highest BCUT2D eigenvalue weighted by Crippen LogP contribution is 2.26. The van der Waals surface area contributed by atoms with E-state index in [1.165, 1.54) is 18.3 Å². The zero-order valence-electron chi connectivity index (χ0n) is 15.5. The lowest BCUT2D eigenvalue weighted by Gasteiger charge is -2.10. The minimum Gasteiger partial charge on any atom is -0.461 e. The van der Waals surface area contributed by atoms with E-state index in [9.17, 15) is 13.2 Å². The molecular formula is C18H21N3O5S. The summed E-state index contributed by atoms with van der Waals surface area (Å²) in [6, 6.07) is 8.18. The first-order chi connectivity index (χ1) is 12.7. The molecule has 1 aromatic heterocycles. The number of nitrogens with zero attached hydrogens (tertiary/aromatic N) is 2. The number of carbonyl (C=O) groups is 1. The Kier molecular flexibility index (Phi) is 6.51. The van der Waals surface area contributed by atoms with Crippen molar-refractivity contribution in [2.45, 2.75) is 25.8 Å². The van der Waals surface area contributed by atoms with E-state index in [1.807, 2.05) is 6.92 Å². The van der Waals surface area contributed by atoms with Gasteiger partial charge < -0.3 is 9.47 Å². The first-order valence-electron chi connectivity index (χ1n) is 8.12. The highest BCUT2D eigenvalue weighted by atomic mass is 32.2. The number of hydrazone groups is 1. The lowest BCUT2D eigenvalue weighted by Crippen LogP contribution is -2.15. The van der Waals surface area contributed by atoms with Crippen molar-refractivity contribution in [3.8, 4) is 11.5 Å². The molecule has 0 saturated heterocycles. The maximum Gasteiger partial charge on any atom is 0.354 e. The van der Waals surface area contributed by atoms with E-state index >= 15 is 0 Å². The van der Waals surface area contributed by atoms with Gasteiger partial charge in [0, 0.05) is 6.26 Å². The first-order valence-corrected chi connectivity index (χ1v) is 10.0.